The average Bonchev–Trinajstić information content (AvgIpc) is 3.44. The van der Waals surface area contributed by atoms with Crippen molar-refractivity contribution in [3.63, 3.8) is 0 Å². The summed E-state index contributed by atoms with van der Waals surface area (Å²) < 4.78 is 3.44. The highest BCUT2D eigenvalue weighted by Crippen LogP contribution is 2.22. The summed E-state index contributed by atoms with van der Waals surface area (Å²) in [7, 11) is 4.02. The van der Waals surface area contributed by atoms with Gasteiger partial charge in [0.1, 0.15) is 5.82 Å². The van der Waals surface area contributed by atoms with Gasteiger partial charge in [0.05, 0.1) is 24.2 Å². The first-order valence-electron chi connectivity index (χ1n) is 10.5. The maximum absolute atomic E-state index is 12.6. The summed E-state index contributed by atoms with van der Waals surface area (Å²) in [4.78, 5) is 14.7. The quantitative estimate of drug-likeness (QED) is 0.402. The van der Waals surface area contributed by atoms with Crippen molar-refractivity contribution in [1.82, 2.24) is 30.0 Å². The summed E-state index contributed by atoms with van der Waals surface area (Å²) in [5.74, 6) is 0.667. The van der Waals surface area contributed by atoms with Crippen LogP contribution < -0.4 is 10.2 Å². The second-order valence-corrected chi connectivity index (χ2v) is 8.81. The molecular weight excluding hydrogens is 436 g/mol. The van der Waals surface area contributed by atoms with Crippen molar-refractivity contribution in [2.75, 3.05) is 30.1 Å². The zero-order chi connectivity index (χ0) is 23.4. The smallest absolute Gasteiger partial charge is 0.235 e. The lowest BCUT2D eigenvalue weighted by Crippen LogP contribution is -2.18. The van der Waals surface area contributed by atoms with Gasteiger partial charge in [0.2, 0.25) is 11.1 Å². The van der Waals surface area contributed by atoms with Gasteiger partial charge in [-0.25, -0.2) is 4.68 Å². The highest BCUT2D eigenvalue weighted by molar-refractivity contribution is 7.99. The average molecular weight is 463 g/mol. The number of anilines is 2. The fourth-order valence-electron chi connectivity index (χ4n) is 3.33. The molecule has 10 heteroatoms. The molecule has 0 spiro atoms. The first-order valence-corrected chi connectivity index (χ1v) is 11.5. The highest BCUT2D eigenvalue weighted by Gasteiger charge is 2.15. The van der Waals surface area contributed by atoms with Crippen LogP contribution in [-0.2, 0) is 11.3 Å². The number of nitrogens with one attached hydrogen (secondary N) is 1. The number of thioether (sulfide) groups is 1. The van der Waals surface area contributed by atoms with Crippen molar-refractivity contribution in [1.29, 1.82) is 0 Å². The molecule has 0 fully saturated rings. The standard InChI is InChI=1S/C23H26N8OS/c1-16-6-5-7-20(17(16)2)31-23(26-27-28-31)33-15-22(32)25-21-12-13-24-30(21)14-18-8-10-19(11-9-18)29(3)4/h5-13H,14-15H2,1-4H3,(H,25,32). The molecule has 0 radical (unpaired) electrons. The molecule has 1 amide bonds. The minimum atomic E-state index is -0.153. The Bertz CT molecular complexity index is 1250. The summed E-state index contributed by atoms with van der Waals surface area (Å²) in [6, 6.07) is 16.0. The van der Waals surface area contributed by atoms with Crippen LogP contribution >= 0.6 is 11.8 Å². The van der Waals surface area contributed by atoms with E-state index in [1.54, 1.807) is 21.6 Å². The fourth-order valence-corrected chi connectivity index (χ4v) is 4.02. The summed E-state index contributed by atoms with van der Waals surface area (Å²) >= 11 is 1.29. The van der Waals surface area contributed by atoms with Crippen molar-refractivity contribution in [3.05, 3.63) is 71.4 Å². The molecule has 0 aliphatic heterocycles. The Morgan fingerprint density at radius 1 is 1.09 bits per heavy atom. The number of aromatic nitrogens is 6. The Hall–Kier alpha value is -3.66. The lowest BCUT2D eigenvalue weighted by atomic mass is 10.1. The van der Waals surface area contributed by atoms with Gasteiger partial charge in [0.25, 0.3) is 0 Å². The highest BCUT2D eigenvalue weighted by atomic mass is 32.2. The molecular formula is C23H26N8OS. The molecule has 0 aliphatic rings. The largest absolute Gasteiger partial charge is 0.378 e. The number of rotatable bonds is 8. The molecule has 170 valence electrons. The molecule has 0 unspecified atom stereocenters. The number of carbonyl (C=O) groups excluding carboxylic acids is 1. The van der Waals surface area contributed by atoms with Crippen molar-refractivity contribution >= 4 is 29.2 Å². The predicted octanol–water partition coefficient (Wildman–Crippen LogP) is 3.32. The maximum Gasteiger partial charge on any atom is 0.235 e. The molecule has 0 atom stereocenters. The zero-order valence-electron chi connectivity index (χ0n) is 19.1. The Morgan fingerprint density at radius 3 is 2.64 bits per heavy atom. The number of hydrogen-bond donors (Lipinski definition) is 1. The third-order valence-corrected chi connectivity index (χ3v) is 6.27. The topological polar surface area (TPSA) is 93.8 Å². The SMILES string of the molecule is Cc1cccc(-n2nnnc2SCC(=O)Nc2ccnn2Cc2ccc(N(C)C)cc2)c1C. The molecule has 2 heterocycles. The number of aryl methyl sites for hydroxylation is 1. The Morgan fingerprint density at radius 2 is 1.88 bits per heavy atom. The second kappa shape index (κ2) is 9.86. The summed E-state index contributed by atoms with van der Waals surface area (Å²) in [5, 5.41) is 19.8. The first kappa shape index (κ1) is 22.5. The molecule has 0 saturated carbocycles. The van der Waals surface area contributed by atoms with E-state index in [4.69, 9.17) is 0 Å². The second-order valence-electron chi connectivity index (χ2n) is 7.86. The monoisotopic (exact) mass is 462 g/mol. The van der Waals surface area contributed by atoms with E-state index in [9.17, 15) is 4.79 Å². The molecule has 2 aromatic carbocycles. The molecule has 9 nitrogen and oxygen atoms in total. The number of carbonyl (C=O) groups is 1. The van der Waals surface area contributed by atoms with Gasteiger partial charge >= 0.3 is 0 Å². The number of benzene rings is 2. The van der Waals surface area contributed by atoms with Gasteiger partial charge < -0.3 is 10.2 Å². The Labute approximate surface area is 196 Å². The van der Waals surface area contributed by atoms with Gasteiger partial charge in [-0.05, 0) is 59.2 Å². The van der Waals surface area contributed by atoms with E-state index in [0.29, 0.717) is 17.5 Å². The van der Waals surface area contributed by atoms with Crippen LogP contribution in [0.1, 0.15) is 16.7 Å². The zero-order valence-corrected chi connectivity index (χ0v) is 19.9. The predicted molar refractivity (Wildman–Crippen MR) is 130 cm³/mol. The Balaban J connectivity index is 1.39. The maximum atomic E-state index is 12.6. The van der Waals surface area contributed by atoms with Crippen LogP contribution in [0.15, 0.2) is 59.9 Å². The third-order valence-electron chi connectivity index (χ3n) is 5.35. The lowest BCUT2D eigenvalue weighted by molar-refractivity contribution is -0.113. The van der Waals surface area contributed by atoms with E-state index in [0.717, 1.165) is 28.1 Å². The minimum absolute atomic E-state index is 0.153. The van der Waals surface area contributed by atoms with Gasteiger partial charge in [0, 0.05) is 25.8 Å². The fraction of sp³-hybridized carbons (Fsp3) is 0.261. The van der Waals surface area contributed by atoms with E-state index in [1.165, 1.54) is 11.8 Å². The minimum Gasteiger partial charge on any atom is -0.378 e. The van der Waals surface area contributed by atoms with Crippen molar-refractivity contribution < 1.29 is 4.79 Å². The van der Waals surface area contributed by atoms with Crippen LogP contribution in [0.3, 0.4) is 0 Å². The van der Waals surface area contributed by atoms with Gasteiger partial charge in [-0.3, -0.25) is 4.79 Å². The van der Waals surface area contributed by atoms with E-state index >= 15 is 0 Å². The molecule has 33 heavy (non-hydrogen) atoms. The number of amides is 1. The van der Waals surface area contributed by atoms with Gasteiger partial charge in [-0.15, -0.1) is 5.10 Å². The molecule has 0 saturated heterocycles. The number of hydrogen-bond acceptors (Lipinski definition) is 7. The molecule has 0 bridgehead atoms. The van der Waals surface area contributed by atoms with Gasteiger partial charge in [-0.1, -0.05) is 36.0 Å². The number of tetrazole rings is 1. The molecule has 4 aromatic rings. The lowest BCUT2D eigenvalue weighted by Gasteiger charge is -2.13. The van der Waals surface area contributed by atoms with Gasteiger partial charge in [-0.2, -0.15) is 9.78 Å². The van der Waals surface area contributed by atoms with Crippen molar-refractivity contribution in [3.8, 4) is 5.69 Å². The normalized spacial score (nSPS) is 10.9. The summed E-state index contributed by atoms with van der Waals surface area (Å²) in [5.41, 5.74) is 5.39. The van der Waals surface area contributed by atoms with Crippen LogP contribution in [0, 0.1) is 13.8 Å². The van der Waals surface area contributed by atoms with Crippen LogP contribution in [0.2, 0.25) is 0 Å². The van der Waals surface area contributed by atoms with Gasteiger partial charge in [0.15, 0.2) is 0 Å². The Kier molecular flexibility index (Phi) is 6.74. The van der Waals surface area contributed by atoms with E-state index in [1.807, 2.05) is 46.1 Å². The summed E-state index contributed by atoms with van der Waals surface area (Å²) in [6.07, 6.45) is 1.68. The van der Waals surface area contributed by atoms with Crippen LogP contribution in [-0.4, -0.2) is 55.7 Å². The van der Waals surface area contributed by atoms with Crippen LogP contribution in [0.25, 0.3) is 5.69 Å². The summed E-state index contributed by atoms with van der Waals surface area (Å²) in [6.45, 7) is 4.64. The molecule has 4 rings (SSSR count). The molecule has 1 N–H and O–H groups in total. The van der Waals surface area contributed by atoms with E-state index < -0.39 is 0 Å². The molecule has 0 aliphatic carbocycles. The number of nitrogens with zero attached hydrogens (tertiary/aromatic N) is 7. The van der Waals surface area contributed by atoms with Crippen LogP contribution in [0.4, 0.5) is 11.5 Å². The van der Waals surface area contributed by atoms with E-state index in [2.05, 4.69) is 55.1 Å². The first-order chi connectivity index (χ1) is 15.9. The molecule has 2 aromatic heterocycles. The third kappa shape index (κ3) is 5.23. The van der Waals surface area contributed by atoms with Crippen molar-refractivity contribution in [2.24, 2.45) is 0 Å². The van der Waals surface area contributed by atoms with Crippen LogP contribution in [0.5, 0.6) is 0 Å². The van der Waals surface area contributed by atoms with E-state index in [-0.39, 0.29) is 11.7 Å². The van der Waals surface area contributed by atoms with Crippen molar-refractivity contribution in [2.45, 2.75) is 25.5 Å².